The van der Waals surface area contributed by atoms with Gasteiger partial charge in [-0.25, -0.2) is 0 Å². The van der Waals surface area contributed by atoms with Crippen LogP contribution in [0.3, 0.4) is 0 Å². The van der Waals surface area contributed by atoms with Crippen LogP contribution in [0.25, 0.3) is 0 Å². The predicted octanol–water partition coefficient (Wildman–Crippen LogP) is 3.17. The van der Waals surface area contributed by atoms with Crippen molar-refractivity contribution in [3.63, 3.8) is 0 Å². The van der Waals surface area contributed by atoms with Gasteiger partial charge < -0.3 is 15.2 Å². The summed E-state index contributed by atoms with van der Waals surface area (Å²) in [4.78, 5) is 0. The Kier molecular flexibility index (Phi) is 4.83. The third-order valence-electron chi connectivity index (χ3n) is 4.09. The van der Waals surface area contributed by atoms with E-state index >= 15 is 0 Å². The monoisotopic (exact) mass is 263 g/mol. The molecule has 19 heavy (non-hydrogen) atoms. The van der Waals surface area contributed by atoms with Crippen molar-refractivity contribution in [2.24, 2.45) is 5.92 Å². The number of benzene rings is 1. The van der Waals surface area contributed by atoms with Crippen LogP contribution in [0.5, 0.6) is 5.75 Å². The van der Waals surface area contributed by atoms with E-state index in [2.05, 4.69) is 19.2 Å². The van der Waals surface area contributed by atoms with Crippen molar-refractivity contribution in [3.8, 4) is 5.75 Å². The van der Waals surface area contributed by atoms with Gasteiger partial charge in [0.15, 0.2) is 0 Å². The van der Waals surface area contributed by atoms with Gasteiger partial charge in [-0.15, -0.1) is 0 Å². The number of aryl methyl sites for hydroxylation is 1. The zero-order chi connectivity index (χ0) is 13.8. The first kappa shape index (κ1) is 14.4. The molecule has 1 fully saturated rings. The van der Waals surface area contributed by atoms with Gasteiger partial charge in [0.2, 0.25) is 0 Å². The van der Waals surface area contributed by atoms with Crippen molar-refractivity contribution < 1.29 is 9.84 Å². The van der Waals surface area contributed by atoms with Crippen LogP contribution in [0, 0.1) is 12.8 Å². The second kappa shape index (κ2) is 6.40. The van der Waals surface area contributed by atoms with Crippen LogP contribution in [0.15, 0.2) is 18.2 Å². The Bertz CT molecular complexity index is 419. The Morgan fingerprint density at radius 3 is 2.95 bits per heavy atom. The molecule has 0 radical (unpaired) electrons. The number of phenolic OH excluding ortho intramolecular Hbond substituents is 1. The van der Waals surface area contributed by atoms with Crippen LogP contribution in [0.4, 0.5) is 0 Å². The number of nitrogens with one attached hydrogen (secondary N) is 1. The van der Waals surface area contributed by atoms with E-state index in [0.717, 1.165) is 37.1 Å². The highest BCUT2D eigenvalue weighted by atomic mass is 16.5. The van der Waals surface area contributed by atoms with Crippen molar-refractivity contribution in [1.82, 2.24) is 5.32 Å². The van der Waals surface area contributed by atoms with E-state index in [1.165, 1.54) is 0 Å². The number of hydrogen-bond acceptors (Lipinski definition) is 3. The van der Waals surface area contributed by atoms with Crippen molar-refractivity contribution in [3.05, 3.63) is 29.3 Å². The van der Waals surface area contributed by atoms with Gasteiger partial charge in [0.1, 0.15) is 5.75 Å². The topological polar surface area (TPSA) is 41.5 Å². The molecule has 2 rings (SSSR count). The summed E-state index contributed by atoms with van der Waals surface area (Å²) < 4.78 is 5.70. The maximum atomic E-state index is 9.99. The van der Waals surface area contributed by atoms with Gasteiger partial charge in [-0.05, 0) is 44.2 Å². The minimum Gasteiger partial charge on any atom is -0.508 e. The number of ether oxygens (including phenoxy) is 1. The van der Waals surface area contributed by atoms with Crippen molar-refractivity contribution in [2.45, 2.75) is 45.8 Å². The molecule has 3 nitrogen and oxygen atoms in total. The molecule has 0 amide bonds. The predicted molar refractivity (Wildman–Crippen MR) is 77.4 cm³/mol. The summed E-state index contributed by atoms with van der Waals surface area (Å²) in [5.41, 5.74) is 2.06. The summed E-state index contributed by atoms with van der Waals surface area (Å²) in [6, 6.07) is 6.03. The number of hydrogen-bond donors (Lipinski definition) is 2. The molecule has 1 aromatic carbocycles. The van der Waals surface area contributed by atoms with E-state index in [1.807, 2.05) is 25.1 Å². The Labute approximate surface area is 116 Å². The van der Waals surface area contributed by atoms with Crippen LogP contribution in [0.2, 0.25) is 0 Å². The van der Waals surface area contributed by atoms with E-state index in [9.17, 15) is 5.11 Å². The molecular weight excluding hydrogens is 238 g/mol. The molecule has 3 unspecified atom stereocenters. The quantitative estimate of drug-likeness (QED) is 0.857. The Hall–Kier alpha value is -1.06. The summed E-state index contributed by atoms with van der Waals surface area (Å²) >= 11 is 0. The van der Waals surface area contributed by atoms with Crippen LogP contribution < -0.4 is 5.32 Å². The third kappa shape index (κ3) is 3.48. The normalized spacial score (nSPS) is 24.6. The number of rotatable bonds is 5. The lowest BCUT2D eigenvalue weighted by Gasteiger charge is -2.21. The van der Waals surface area contributed by atoms with Crippen LogP contribution in [0.1, 0.15) is 43.9 Å². The molecule has 0 aliphatic carbocycles. The van der Waals surface area contributed by atoms with Gasteiger partial charge in [0.25, 0.3) is 0 Å². The van der Waals surface area contributed by atoms with Gasteiger partial charge in [-0.1, -0.05) is 19.1 Å². The number of phenols is 1. The zero-order valence-corrected chi connectivity index (χ0v) is 12.1. The molecule has 0 bridgehead atoms. The second-order valence-corrected chi connectivity index (χ2v) is 5.56. The summed E-state index contributed by atoms with van der Waals surface area (Å²) in [6.45, 7) is 8.10. The SMILES string of the molecule is CCC1OCCC1CNC(C)c1ccc(C)cc1O. The number of aromatic hydroxyl groups is 1. The molecule has 1 heterocycles. The standard InChI is InChI=1S/C16H25NO2/c1-4-16-13(7-8-19-16)10-17-12(3)14-6-5-11(2)9-15(14)18/h5-6,9,12-13,16-18H,4,7-8,10H2,1-3H3. The lowest BCUT2D eigenvalue weighted by molar-refractivity contribution is 0.0867. The van der Waals surface area contributed by atoms with Crippen LogP contribution in [-0.4, -0.2) is 24.4 Å². The van der Waals surface area contributed by atoms with Crippen LogP contribution >= 0.6 is 0 Å². The summed E-state index contributed by atoms with van der Waals surface area (Å²) in [7, 11) is 0. The van der Waals surface area contributed by atoms with E-state index < -0.39 is 0 Å². The summed E-state index contributed by atoms with van der Waals surface area (Å²) in [5, 5.41) is 13.5. The largest absolute Gasteiger partial charge is 0.508 e. The fourth-order valence-electron chi connectivity index (χ4n) is 2.84. The first-order valence-corrected chi connectivity index (χ1v) is 7.26. The average molecular weight is 263 g/mol. The molecule has 0 spiro atoms. The minimum absolute atomic E-state index is 0.165. The molecule has 2 N–H and O–H groups in total. The highest BCUT2D eigenvalue weighted by molar-refractivity contribution is 5.37. The smallest absolute Gasteiger partial charge is 0.120 e. The molecule has 1 aromatic rings. The van der Waals surface area contributed by atoms with Gasteiger partial charge in [-0.3, -0.25) is 0 Å². The van der Waals surface area contributed by atoms with E-state index in [-0.39, 0.29) is 6.04 Å². The molecular formula is C16H25NO2. The summed E-state index contributed by atoms with van der Waals surface area (Å²) in [5.74, 6) is 0.981. The lowest BCUT2D eigenvalue weighted by Crippen LogP contribution is -2.30. The fraction of sp³-hybridized carbons (Fsp3) is 0.625. The van der Waals surface area contributed by atoms with Gasteiger partial charge in [0, 0.05) is 24.8 Å². The highest BCUT2D eigenvalue weighted by Crippen LogP contribution is 2.27. The second-order valence-electron chi connectivity index (χ2n) is 5.56. The maximum absolute atomic E-state index is 9.99. The highest BCUT2D eigenvalue weighted by Gasteiger charge is 2.26. The zero-order valence-electron chi connectivity index (χ0n) is 12.1. The third-order valence-corrected chi connectivity index (χ3v) is 4.09. The molecule has 106 valence electrons. The van der Waals surface area contributed by atoms with Gasteiger partial charge in [-0.2, -0.15) is 0 Å². The molecule has 1 saturated heterocycles. The maximum Gasteiger partial charge on any atom is 0.120 e. The first-order chi connectivity index (χ1) is 9.11. The van der Waals surface area contributed by atoms with E-state index in [4.69, 9.17) is 4.74 Å². The van der Waals surface area contributed by atoms with Gasteiger partial charge in [0.05, 0.1) is 6.10 Å². The molecule has 3 heteroatoms. The molecule has 0 aromatic heterocycles. The fourth-order valence-corrected chi connectivity index (χ4v) is 2.84. The van der Waals surface area contributed by atoms with E-state index in [0.29, 0.717) is 17.8 Å². The molecule has 0 saturated carbocycles. The van der Waals surface area contributed by atoms with E-state index in [1.54, 1.807) is 0 Å². The van der Waals surface area contributed by atoms with Crippen LogP contribution in [-0.2, 0) is 4.74 Å². The van der Waals surface area contributed by atoms with Crippen molar-refractivity contribution in [2.75, 3.05) is 13.2 Å². The molecule has 1 aliphatic rings. The Morgan fingerprint density at radius 2 is 2.26 bits per heavy atom. The van der Waals surface area contributed by atoms with Gasteiger partial charge >= 0.3 is 0 Å². The molecule has 1 aliphatic heterocycles. The first-order valence-electron chi connectivity index (χ1n) is 7.26. The lowest BCUT2D eigenvalue weighted by atomic mass is 9.98. The molecule has 3 atom stereocenters. The minimum atomic E-state index is 0.165. The Morgan fingerprint density at radius 1 is 1.47 bits per heavy atom. The summed E-state index contributed by atoms with van der Waals surface area (Å²) in [6.07, 6.45) is 2.61. The Balaban J connectivity index is 1.92. The average Bonchev–Trinajstić information content (AvgIpc) is 2.83. The van der Waals surface area contributed by atoms with Crippen molar-refractivity contribution >= 4 is 0 Å². The van der Waals surface area contributed by atoms with Crippen molar-refractivity contribution in [1.29, 1.82) is 0 Å².